The maximum absolute atomic E-state index is 6.36. The number of nitrogens with one attached hydrogen (secondary N) is 1. The molecule has 0 aliphatic heterocycles. The second-order valence-corrected chi connectivity index (χ2v) is 7.01. The van der Waals surface area contributed by atoms with E-state index in [1.54, 1.807) is 18.6 Å². The van der Waals surface area contributed by atoms with E-state index in [9.17, 15) is 0 Å². The number of ether oxygens (including phenoxy) is 1. The molecule has 0 unspecified atom stereocenters. The number of nitrogens with zero attached hydrogens (tertiary/aromatic N) is 2. The van der Waals surface area contributed by atoms with Gasteiger partial charge in [0.25, 0.3) is 0 Å². The average molecular weight is 324 g/mol. The van der Waals surface area contributed by atoms with Crippen molar-refractivity contribution in [3.05, 3.63) is 43.0 Å². The highest BCUT2D eigenvalue weighted by Crippen LogP contribution is 2.34. The number of H-pyrrole nitrogens is 1. The lowest BCUT2D eigenvalue weighted by atomic mass is 9.93. The number of rotatable bonds is 6. The quantitative estimate of drug-likeness (QED) is 0.723. The molecule has 0 amide bonds. The first-order chi connectivity index (χ1) is 11.5. The Morgan fingerprint density at radius 3 is 2.88 bits per heavy atom. The largest absolute Gasteiger partial charge is 0.489 e. The van der Waals surface area contributed by atoms with Gasteiger partial charge in [0.2, 0.25) is 0 Å². The first-order valence-electron chi connectivity index (χ1n) is 8.24. The van der Waals surface area contributed by atoms with Crippen LogP contribution in [0.3, 0.4) is 0 Å². The summed E-state index contributed by atoms with van der Waals surface area (Å²) in [4.78, 5) is 11.7. The SMILES string of the molecule is CC(C)C[C@](C)(N)COc1cnccc1-c1c[nH]c2ncccc12. The van der Waals surface area contributed by atoms with E-state index in [4.69, 9.17) is 10.5 Å². The lowest BCUT2D eigenvalue weighted by Gasteiger charge is -2.27. The predicted molar refractivity (Wildman–Crippen MR) is 96.9 cm³/mol. The van der Waals surface area contributed by atoms with E-state index in [-0.39, 0.29) is 5.54 Å². The summed E-state index contributed by atoms with van der Waals surface area (Å²) in [5.74, 6) is 1.26. The number of hydrogen-bond donors (Lipinski definition) is 2. The highest BCUT2D eigenvalue weighted by Gasteiger charge is 2.22. The van der Waals surface area contributed by atoms with Gasteiger partial charge >= 0.3 is 0 Å². The number of aromatic nitrogens is 3. The third-order valence-corrected chi connectivity index (χ3v) is 3.96. The Labute approximate surface area is 142 Å². The highest BCUT2D eigenvalue weighted by molar-refractivity contribution is 5.94. The van der Waals surface area contributed by atoms with E-state index in [0.29, 0.717) is 12.5 Å². The van der Waals surface area contributed by atoms with Gasteiger partial charge in [0, 0.05) is 40.6 Å². The molecule has 5 heteroatoms. The third-order valence-electron chi connectivity index (χ3n) is 3.96. The van der Waals surface area contributed by atoms with Gasteiger partial charge in [-0.3, -0.25) is 4.98 Å². The smallest absolute Gasteiger partial charge is 0.145 e. The minimum atomic E-state index is -0.372. The Bertz CT molecular complexity index is 823. The molecule has 3 aromatic rings. The van der Waals surface area contributed by atoms with Crippen molar-refractivity contribution in [2.75, 3.05) is 6.61 Å². The summed E-state index contributed by atoms with van der Waals surface area (Å²) in [5.41, 5.74) is 8.90. The maximum Gasteiger partial charge on any atom is 0.145 e. The molecule has 0 aliphatic carbocycles. The molecule has 3 heterocycles. The van der Waals surface area contributed by atoms with Gasteiger partial charge < -0.3 is 15.5 Å². The first kappa shape index (κ1) is 16.5. The van der Waals surface area contributed by atoms with Crippen molar-refractivity contribution in [3.8, 4) is 16.9 Å². The fourth-order valence-corrected chi connectivity index (χ4v) is 3.13. The molecule has 0 radical (unpaired) electrons. The summed E-state index contributed by atoms with van der Waals surface area (Å²) in [6, 6.07) is 5.94. The molecule has 0 aliphatic rings. The molecule has 1 atom stereocenters. The number of fused-ring (bicyclic) bond motifs is 1. The summed E-state index contributed by atoms with van der Waals surface area (Å²) in [6.45, 7) is 6.81. The molecular weight excluding hydrogens is 300 g/mol. The summed E-state index contributed by atoms with van der Waals surface area (Å²) < 4.78 is 6.05. The average Bonchev–Trinajstić information content (AvgIpc) is 2.96. The fourth-order valence-electron chi connectivity index (χ4n) is 3.13. The Hall–Kier alpha value is -2.40. The Balaban J connectivity index is 1.89. The molecule has 24 heavy (non-hydrogen) atoms. The predicted octanol–water partition coefficient (Wildman–Crippen LogP) is 3.77. The van der Waals surface area contributed by atoms with Crippen LogP contribution in [0.25, 0.3) is 22.2 Å². The fraction of sp³-hybridized carbons (Fsp3) is 0.368. The molecule has 3 rings (SSSR count). The molecule has 0 saturated carbocycles. The molecular formula is C19H24N4O. The van der Waals surface area contributed by atoms with Gasteiger partial charge in [-0.15, -0.1) is 0 Å². The lowest BCUT2D eigenvalue weighted by molar-refractivity contribution is 0.207. The zero-order valence-electron chi connectivity index (χ0n) is 14.4. The van der Waals surface area contributed by atoms with Gasteiger partial charge in [0.15, 0.2) is 0 Å². The van der Waals surface area contributed by atoms with Crippen molar-refractivity contribution in [1.82, 2.24) is 15.0 Å². The van der Waals surface area contributed by atoms with Crippen LogP contribution < -0.4 is 10.5 Å². The minimum Gasteiger partial charge on any atom is -0.489 e. The number of hydrogen-bond acceptors (Lipinski definition) is 4. The van der Waals surface area contributed by atoms with Crippen LogP contribution in [0, 0.1) is 5.92 Å². The van der Waals surface area contributed by atoms with Gasteiger partial charge in [-0.2, -0.15) is 0 Å². The van der Waals surface area contributed by atoms with E-state index >= 15 is 0 Å². The van der Waals surface area contributed by atoms with E-state index in [2.05, 4.69) is 28.8 Å². The summed E-state index contributed by atoms with van der Waals surface area (Å²) in [7, 11) is 0. The van der Waals surface area contributed by atoms with Crippen molar-refractivity contribution in [3.63, 3.8) is 0 Å². The van der Waals surface area contributed by atoms with Crippen LogP contribution >= 0.6 is 0 Å². The van der Waals surface area contributed by atoms with Gasteiger partial charge in [0.1, 0.15) is 18.0 Å². The zero-order chi connectivity index (χ0) is 17.2. The van der Waals surface area contributed by atoms with Gasteiger partial charge in [-0.1, -0.05) is 13.8 Å². The van der Waals surface area contributed by atoms with Crippen LogP contribution in [0.15, 0.2) is 43.0 Å². The second kappa shape index (κ2) is 6.61. The maximum atomic E-state index is 6.36. The Morgan fingerprint density at radius 1 is 1.25 bits per heavy atom. The van der Waals surface area contributed by atoms with Gasteiger partial charge in [-0.25, -0.2) is 4.98 Å². The first-order valence-corrected chi connectivity index (χ1v) is 8.24. The standard InChI is InChI=1S/C19H24N4O/c1-13(2)9-19(3,20)12-24-17-11-21-8-6-14(17)16-10-23-18-15(16)5-4-7-22-18/h4-8,10-11,13H,9,12,20H2,1-3H3,(H,22,23)/t19-/m0/s1. The topological polar surface area (TPSA) is 76.8 Å². The van der Waals surface area contributed by atoms with E-state index in [0.717, 1.165) is 34.3 Å². The molecule has 5 nitrogen and oxygen atoms in total. The van der Waals surface area contributed by atoms with Crippen molar-refractivity contribution >= 4 is 11.0 Å². The second-order valence-electron chi connectivity index (χ2n) is 7.01. The monoisotopic (exact) mass is 324 g/mol. The molecule has 126 valence electrons. The van der Waals surface area contributed by atoms with Crippen molar-refractivity contribution in [2.24, 2.45) is 11.7 Å². The number of nitrogens with two attached hydrogens (primary N) is 1. The minimum absolute atomic E-state index is 0.372. The van der Waals surface area contributed by atoms with Crippen molar-refractivity contribution in [1.29, 1.82) is 0 Å². The summed E-state index contributed by atoms with van der Waals surface area (Å²) in [5, 5.41) is 1.06. The van der Waals surface area contributed by atoms with E-state index in [1.165, 1.54) is 0 Å². The van der Waals surface area contributed by atoms with Crippen molar-refractivity contribution < 1.29 is 4.74 Å². The summed E-state index contributed by atoms with van der Waals surface area (Å²) in [6.07, 6.45) is 8.15. The number of pyridine rings is 2. The normalized spacial score (nSPS) is 14.0. The van der Waals surface area contributed by atoms with Crippen LogP contribution in [-0.4, -0.2) is 27.1 Å². The molecule has 0 saturated heterocycles. The lowest BCUT2D eigenvalue weighted by Crippen LogP contribution is -2.43. The van der Waals surface area contributed by atoms with Crippen LogP contribution in [0.5, 0.6) is 5.75 Å². The number of aromatic amines is 1. The van der Waals surface area contributed by atoms with E-state index in [1.807, 2.05) is 31.3 Å². The molecule has 0 bridgehead atoms. The van der Waals surface area contributed by atoms with Crippen LogP contribution in [0.2, 0.25) is 0 Å². The van der Waals surface area contributed by atoms with Crippen LogP contribution in [0.1, 0.15) is 27.2 Å². The van der Waals surface area contributed by atoms with Gasteiger partial charge in [-0.05, 0) is 37.5 Å². The highest BCUT2D eigenvalue weighted by atomic mass is 16.5. The van der Waals surface area contributed by atoms with Crippen LogP contribution in [-0.2, 0) is 0 Å². The molecule has 3 N–H and O–H groups in total. The van der Waals surface area contributed by atoms with Gasteiger partial charge in [0.05, 0.1) is 6.20 Å². The summed E-state index contributed by atoms with van der Waals surface area (Å²) >= 11 is 0. The Kier molecular flexibility index (Phi) is 4.53. The molecule has 0 fully saturated rings. The third kappa shape index (κ3) is 3.57. The van der Waals surface area contributed by atoms with Crippen molar-refractivity contribution in [2.45, 2.75) is 32.7 Å². The van der Waals surface area contributed by atoms with E-state index < -0.39 is 0 Å². The Morgan fingerprint density at radius 2 is 2.08 bits per heavy atom. The molecule has 0 spiro atoms. The van der Waals surface area contributed by atoms with Crippen LogP contribution in [0.4, 0.5) is 0 Å². The molecule has 0 aromatic carbocycles. The zero-order valence-corrected chi connectivity index (χ0v) is 14.4. The molecule has 3 aromatic heterocycles.